The number of hydrogen-bond acceptors (Lipinski definition) is 2. The third-order valence-corrected chi connectivity index (χ3v) is 3.03. The number of nitrogens with two attached hydrogens (primary N) is 1. The molecule has 1 aliphatic carbocycles. The highest BCUT2D eigenvalue weighted by Crippen LogP contribution is 2.22. The fourth-order valence-electron chi connectivity index (χ4n) is 2.19. The fraction of sp³-hybridized carbons (Fsp3) is 0.500. The molecule has 0 unspecified atom stereocenters. The van der Waals surface area contributed by atoms with Gasteiger partial charge in [0.05, 0.1) is 0 Å². The molecule has 4 heteroatoms. The van der Waals surface area contributed by atoms with Crippen molar-refractivity contribution in [1.29, 1.82) is 0 Å². The van der Waals surface area contributed by atoms with Crippen LogP contribution in [0.5, 0.6) is 0 Å². The molecule has 0 saturated heterocycles. The normalized spacial score (nSPS) is 25.4. The summed E-state index contributed by atoms with van der Waals surface area (Å²) in [5.74, 6) is -1.13. The van der Waals surface area contributed by atoms with Crippen LogP contribution in [0.3, 0.4) is 0 Å². The topological polar surface area (TPSA) is 38.0 Å². The molecule has 0 radical (unpaired) electrons. The molecule has 16 heavy (non-hydrogen) atoms. The van der Waals surface area contributed by atoms with E-state index in [1.807, 2.05) is 0 Å². The molecule has 88 valence electrons. The number of benzene rings is 1. The molecule has 1 aliphatic rings. The summed E-state index contributed by atoms with van der Waals surface area (Å²) in [7, 11) is 0. The summed E-state index contributed by atoms with van der Waals surface area (Å²) in [6, 6.07) is 3.65. The molecule has 3 N–H and O–H groups in total. The van der Waals surface area contributed by atoms with Gasteiger partial charge in [0.2, 0.25) is 0 Å². The first-order chi connectivity index (χ1) is 7.65. The SMILES string of the molecule is N[C@H]1CCCC[C@H]1Nc1cc(F)cc(F)c1. The second-order valence-electron chi connectivity index (χ2n) is 4.36. The Morgan fingerprint density at radius 3 is 2.31 bits per heavy atom. The third-order valence-electron chi connectivity index (χ3n) is 3.03. The van der Waals surface area contributed by atoms with Crippen LogP contribution in [-0.4, -0.2) is 12.1 Å². The number of rotatable bonds is 2. The average Bonchev–Trinajstić information content (AvgIpc) is 2.20. The van der Waals surface area contributed by atoms with E-state index >= 15 is 0 Å². The van der Waals surface area contributed by atoms with E-state index in [4.69, 9.17) is 5.73 Å². The van der Waals surface area contributed by atoms with Crippen LogP contribution in [0.2, 0.25) is 0 Å². The second-order valence-corrected chi connectivity index (χ2v) is 4.36. The molecule has 2 nitrogen and oxygen atoms in total. The number of halogens is 2. The summed E-state index contributed by atoms with van der Waals surface area (Å²) >= 11 is 0. The van der Waals surface area contributed by atoms with Crippen LogP contribution in [0.15, 0.2) is 18.2 Å². The van der Waals surface area contributed by atoms with Gasteiger partial charge in [0, 0.05) is 23.8 Å². The Hall–Kier alpha value is -1.16. The Labute approximate surface area is 93.8 Å². The molecular weight excluding hydrogens is 210 g/mol. The average molecular weight is 226 g/mol. The highest BCUT2D eigenvalue weighted by atomic mass is 19.1. The summed E-state index contributed by atoms with van der Waals surface area (Å²) in [4.78, 5) is 0. The first-order valence-electron chi connectivity index (χ1n) is 5.63. The van der Waals surface area contributed by atoms with Crippen molar-refractivity contribution in [1.82, 2.24) is 0 Å². The third kappa shape index (κ3) is 2.70. The van der Waals surface area contributed by atoms with Gasteiger partial charge in [0.15, 0.2) is 0 Å². The lowest BCUT2D eigenvalue weighted by Crippen LogP contribution is -2.42. The Bertz CT molecular complexity index is 348. The highest BCUT2D eigenvalue weighted by molar-refractivity contribution is 5.45. The fourth-order valence-corrected chi connectivity index (χ4v) is 2.19. The van der Waals surface area contributed by atoms with E-state index in [1.54, 1.807) is 0 Å². The van der Waals surface area contributed by atoms with Crippen LogP contribution in [0.4, 0.5) is 14.5 Å². The molecule has 0 aromatic heterocycles. The maximum atomic E-state index is 13.0. The standard InChI is InChI=1S/C12H16F2N2/c13-8-5-9(14)7-10(6-8)16-12-4-2-1-3-11(12)15/h5-7,11-12,16H,1-4,15H2/t11-,12+/m0/s1. The van der Waals surface area contributed by atoms with Crippen molar-refractivity contribution in [2.45, 2.75) is 37.8 Å². The van der Waals surface area contributed by atoms with E-state index in [2.05, 4.69) is 5.32 Å². The van der Waals surface area contributed by atoms with Crippen LogP contribution in [0.1, 0.15) is 25.7 Å². The quantitative estimate of drug-likeness (QED) is 0.813. The molecule has 0 heterocycles. The molecule has 1 aromatic rings. The number of anilines is 1. The molecule has 0 aliphatic heterocycles. The highest BCUT2D eigenvalue weighted by Gasteiger charge is 2.21. The molecule has 0 amide bonds. The van der Waals surface area contributed by atoms with Crippen LogP contribution >= 0.6 is 0 Å². The van der Waals surface area contributed by atoms with Gasteiger partial charge >= 0.3 is 0 Å². The van der Waals surface area contributed by atoms with E-state index in [1.165, 1.54) is 12.1 Å². The van der Waals surface area contributed by atoms with Crippen molar-refractivity contribution in [2.24, 2.45) is 5.73 Å². The number of hydrogen-bond donors (Lipinski definition) is 2. The minimum absolute atomic E-state index is 0.0695. The molecule has 1 saturated carbocycles. The van der Waals surface area contributed by atoms with Crippen LogP contribution < -0.4 is 11.1 Å². The van der Waals surface area contributed by atoms with Crippen molar-refractivity contribution in [3.63, 3.8) is 0 Å². The van der Waals surface area contributed by atoms with Crippen molar-refractivity contribution in [3.8, 4) is 0 Å². The molecule has 1 fully saturated rings. The number of nitrogens with one attached hydrogen (secondary N) is 1. The van der Waals surface area contributed by atoms with Gasteiger partial charge in [0.25, 0.3) is 0 Å². The van der Waals surface area contributed by atoms with E-state index < -0.39 is 11.6 Å². The summed E-state index contributed by atoms with van der Waals surface area (Å²) in [6.07, 6.45) is 4.18. The van der Waals surface area contributed by atoms with E-state index in [0.29, 0.717) is 5.69 Å². The summed E-state index contributed by atoms with van der Waals surface area (Å²) < 4.78 is 25.9. The molecule has 1 aromatic carbocycles. The van der Waals surface area contributed by atoms with Crippen LogP contribution in [0, 0.1) is 11.6 Å². The Balaban J connectivity index is 2.07. The summed E-state index contributed by atoms with van der Waals surface area (Å²) in [5, 5.41) is 3.11. The lowest BCUT2D eigenvalue weighted by molar-refractivity contribution is 0.404. The molecule has 2 rings (SSSR count). The lowest BCUT2D eigenvalue weighted by atomic mass is 9.91. The summed E-state index contributed by atoms with van der Waals surface area (Å²) in [6.45, 7) is 0. The van der Waals surface area contributed by atoms with Gasteiger partial charge in [-0.3, -0.25) is 0 Å². The van der Waals surface area contributed by atoms with Crippen molar-refractivity contribution >= 4 is 5.69 Å². The first kappa shape index (κ1) is 11.3. The van der Waals surface area contributed by atoms with E-state index in [9.17, 15) is 8.78 Å². The second kappa shape index (κ2) is 4.78. The largest absolute Gasteiger partial charge is 0.381 e. The van der Waals surface area contributed by atoms with Gasteiger partial charge in [-0.15, -0.1) is 0 Å². The van der Waals surface area contributed by atoms with Crippen molar-refractivity contribution in [3.05, 3.63) is 29.8 Å². The maximum Gasteiger partial charge on any atom is 0.128 e. The Morgan fingerprint density at radius 2 is 1.69 bits per heavy atom. The molecule has 0 bridgehead atoms. The predicted molar refractivity (Wildman–Crippen MR) is 60.2 cm³/mol. The zero-order valence-electron chi connectivity index (χ0n) is 9.05. The van der Waals surface area contributed by atoms with E-state index in [0.717, 1.165) is 31.7 Å². The molecule has 2 atom stereocenters. The molecule has 0 spiro atoms. The van der Waals surface area contributed by atoms with Gasteiger partial charge in [-0.1, -0.05) is 12.8 Å². The first-order valence-corrected chi connectivity index (χ1v) is 5.63. The maximum absolute atomic E-state index is 13.0. The zero-order valence-corrected chi connectivity index (χ0v) is 9.05. The smallest absolute Gasteiger partial charge is 0.128 e. The lowest BCUT2D eigenvalue weighted by Gasteiger charge is -2.30. The van der Waals surface area contributed by atoms with Crippen LogP contribution in [-0.2, 0) is 0 Å². The molecular formula is C12H16F2N2. The van der Waals surface area contributed by atoms with Gasteiger partial charge in [-0.25, -0.2) is 8.78 Å². The summed E-state index contributed by atoms with van der Waals surface area (Å²) in [5.41, 5.74) is 6.43. The van der Waals surface area contributed by atoms with Gasteiger partial charge in [-0.2, -0.15) is 0 Å². The van der Waals surface area contributed by atoms with Gasteiger partial charge in [0.1, 0.15) is 11.6 Å². The minimum Gasteiger partial charge on any atom is -0.381 e. The van der Waals surface area contributed by atoms with Crippen molar-refractivity contribution in [2.75, 3.05) is 5.32 Å². The zero-order chi connectivity index (χ0) is 11.5. The minimum atomic E-state index is -0.563. The predicted octanol–water partition coefficient (Wildman–Crippen LogP) is 2.65. The Morgan fingerprint density at radius 1 is 1.06 bits per heavy atom. The monoisotopic (exact) mass is 226 g/mol. The van der Waals surface area contributed by atoms with Gasteiger partial charge < -0.3 is 11.1 Å². The van der Waals surface area contributed by atoms with E-state index in [-0.39, 0.29) is 12.1 Å². The van der Waals surface area contributed by atoms with Crippen molar-refractivity contribution < 1.29 is 8.78 Å². The Kier molecular flexibility index (Phi) is 3.39. The van der Waals surface area contributed by atoms with Gasteiger partial charge in [-0.05, 0) is 25.0 Å². The van der Waals surface area contributed by atoms with Crippen LogP contribution in [0.25, 0.3) is 0 Å².